The highest BCUT2D eigenvalue weighted by Gasteiger charge is 2.32. The first kappa shape index (κ1) is 23.8. The van der Waals surface area contributed by atoms with Crippen molar-refractivity contribution in [2.75, 3.05) is 20.6 Å². The Labute approximate surface area is 186 Å². The third-order valence-electron chi connectivity index (χ3n) is 5.67. The number of halogens is 3. The molecule has 0 aromatic heterocycles. The Bertz CT molecular complexity index is 958. The van der Waals surface area contributed by atoms with Crippen molar-refractivity contribution in [2.45, 2.75) is 44.6 Å². The van der Waals surface area contributed by atoms with E-state index in [1.165, 1.54) is 11.0 Å². The van der Waals surface area contributed by atoms with Crippen LogP contribution in [0.4, 0.5) is 13.2 Å². The summed E-state index contributed by atoms with van der Waals surface area (Å²) in [5, 5.41) is 3.34. The van der Waals surface area contributed by atoms with Crippen LogP contribution in [-0.4, -0.2) is 48.3 Å². The van der Waals surface area contributed by atoms with Gasteiger partial charge in [-0.1, -0.05) is 24.3 Å². The van der Waals surface area contributed by atoms with Gasteiger partial charge < -0.3 is 9.80 Å². The lowest BCUT2D eigenvalue weighted by Gasteiger charge is -2.34. The second-order valence-corrected chi connectivity index (χ2v) is 8.36. The molecule has 3 rings (SSSR count). The summed E-state index contributed by atoms with van der Waals surface area (Å²) in [6.45, 7) is 2.61. The fourth-order valence-corrected chi connectivity index (χ4v) is 3.89. The Morgan fingerprint density at radius 3 is 2.50 bits per heavy atom. The zero-order valence-electron chi connectivity index (χ0n) is 18.4. The second kappa shape index (κ2) is 9.73. The Morgan fingerprint density at radius 1 is 1.19 bits per heavy atom. The third kappa shape index (κ3) is 5.68. The predicted octanol–water partition coefficient (Wildman–Crippen LogP) is 4.25. The van der Waals surface area contributed by atoms with Gasteiger partial charge in [-0.15, -0.1) is 0 Å². The van der Waals surface area contributed by atoms with Gasteiger partial charge in [-0.3, -0.25) is 14.9 Å². The van der Waals surface area contributed by atoms with Gasteiger partial charge in [0.15, 0.2) is 0 Å². The van der Waals surface area contributed by atoms with Gasteiger partial charge in [0.2, 0.25) is 5.91 Å². The molecule has 5 nitrogen and oxygen atoms in total. The molecule has 1 aliphatic rings. The summed E-state index contributed by atoms with van der Waals surface area (Å²) in [5.41, 5.74) is 1.29. The highest BCUT2D eigenvalue weighted by Crippen LogP contribution is 2.30. The van der Waals surface area contributed by atoms with Crippen molar-refractivity contribution in [1.82, 2.24) is 15.1 Å². The summed E-state index contributed by atoms with van der Waals surface area (Å²) >= 11 is 0. The normalized spacial score (nSPS) is 17.9. The molecule has 0 radical (unpaired) electrons. The Hall–Kier alpha value is -2.87. The van der Waals surface area contributed by atoms with Crippen LogP contribution >= 0.6 is 0 Å². The van der Waals surface area contributed by atoms with Crippen molar-refractivity contribution in [2.24, 2.45) is 0 Å². The average Bonchev–Trinajstić information content (AvgIpc) is 2.75. The van der Waals surface area contributed by atoms with E-state index in [2.05, 4.69) is 5.32 Å². The first-order chi connectivity index (χ1) is 15.1. The molecule has 1 fully saturated rings. The molecule has 0 spiro atoms. The molecule has 1 saturated heterocycles. The maximum absolute atomic E-state index is 13.0. The number of piperidine rings is 1. The van der Waals surface area contributed by atoms with Crippen LogP contribution in [0.1, 0.15) is 52.9 Å². The van der Waals surface area contributed by atoms with Gasteiger partial charge >= 0.3 is 6.18 Å². The summed E-state index contributed by atoms with van der Waals surface area (Å²) < 4.78 is 39.0. The lowest BCUT2D eigenvalue weighted by atomic mass is 10.00. The molecule has 2 amide bonds. The van der Waals surface area contributed by atoms with E-state index in [4.69, 9.17) is 0 Å². The summed E-state index contributed by atoms with van der Waals surface area (Å²) in [7, 11) is 3.39. The molecular weight excluding hydrogens is 419 g/mol. The van der Waals surface area contributed by atoms with E-state index in [-0.39, 0.29) is 24.4 Å². The standard InChI is InChI=1S/C24H28F3N3O2/c1-16(18-9-11-19(12-10-18)22(31)29(2)3)28-21-8-5-13-30(23(21)32)15-17-6-4-7-20(14-17)24(25,26)27/h4,6-7,9-12,14,16,21,28H,5,8,13,15H2,1-3H3. The number of amides is 2. The number of likely N-dealkylation sites (tertiary alicyclic amines) is 1. The number of hydrogen-bond donors (Lipinski definition) is 1. The summed E-state index contributed by atoms with van der Waals surface area (Å²) in [6.07, 6.45) is -2.97. The molecule has 1 heterocycles. The Kier molecular flexibility index (Phi) is 7.23. The van der Waals surface area contributed by atoms with Gasteiger partial charge in [0.1, 0.15) is 0 Å². The van der Waals surface area contributed by atoms with Crippen molar-refractivity contribution < 1.29 is 22.8 Å². The SMILES string of the molecule is CC(NC1CCCN(Cc2cccc(C(F)(F)F)c2)C1=O)c1ccc(C(=O)N(C)C)cc1. The average molecular weight is 448 g/mol. The first-order valence-electron chi connectivity index (χ1n) is 10.6. The maximum atomic E-state index is 13.0. The minimum absolute atomic E-state index is 0.0788. The van der Waals surface area contributed by atoms with Crippen LogP contribution in [0.2, 0.25) is 0 Å². The molecule has 172 valence electrons. The van der Waals surface area contributed by atoms with Crippen LogP contribution in [0, 0.1) is 0 Å². The van der Waals surface area contributed by atoms with Crippen LogP contribution in [0.15, 0.2) is 48.5 Å². The quantitative estimate of drug-likeness (QED) is 0.721. The fourth-order valence-electron chi connectivity index (χ4n) is 3.89. The van der Waals surface area contributed by atoms with E-state index < -0.39 is 17.8 Å². The molecule has 2 unspecified atom stereocenters. The molecule has 8 heteroatoms. The number of nitrogens with one attached hydrogen (secondary N) is 1. The number of rotatable bonds is 6. The smallest absolute Gasteiger partial charge is 0.345 e. The molecule has 2 aromatic carbocycles. The fraction of sp³-hybridized carbons (Fsp3) is 0.417. The lowest BCUT2D eigenvalue weighted by molar-refractivity contribution is -0.137. The molecule has 32 heavy (non-hydrogen) atoms. The van der Waals surface area contributed by atoms with Gasteiger partial charge in [-0.05, 0) is 55.2 Å². The maximum Gasteiger partial charge on any atom is 0.416 e. The highest BCUT2D eigenvalue weighted by atomic mass is 19.4. The van der Waals surface area contributed by atoms with Gasteiger partial charge in [-0.2, -0.15) is 13.2 Å². The van der Waals surface area contributed by atoms with E-state index in [9.17, 15) is 22.8 Å². The number of nitrogens with zero attached hydrogens (tertiary/aromatic N) is 2. The lowest BCUT2D eigenvalue weighted by Crippen LogP contribution is -2.50. The van der Waals surface area contributed by atoms with Crippen molar-refractivity contribution in [3.8, 4) is 0 Å². The Morgan fingerprint density at radius 2 is 1.88 bits per heavy atom. The van der Waals surface area contributed by atoms with Crippen LogP contribution in [0.3, 0.4) is 0 Å². The zero-order valence-corrected chi connectivity index (χ0v) is 18.4. The topological polar surface area (TPSA) is 52.7 Å². The van der Waals surface area contributed by atoms with Crippen LogP contribution in [-0.2, 0) is 17.5 Å². The monoisotopic (exact) mass is 447 g/mol. The van der Waals surface area contributed by atoms with Crippen LogP contribution in [0.25, 0.3) is 0 Å². The van der Waals surface area contributed by atoms with E-state index in [0.717, 1.165) is 24.1 Å². The van der Waals surface area contributed by atoms with Gasteiger partial charge in [-0.25, -0.2) is 0 Å². The van der Waals surface area contributed by atoms with Crippen molar-refractivity contribution in [1.29, 1.82) is 0 Å². The van der Waals surface area contributed by atoms with Crippen molar-refractivity contribution >= 4 is 11.8 Å². The molecule has 2 aromatic rings. The van der Waals surface area contributed by atoms with Gasteiger partial charge in [0, 0.05) is 38.8 Å². The molecule has 2 atom stereocenters. The largest absolute Gasteiger partial charge is 0.416 e. The zero-order chi connectivity index (χ0) is 23.5. The predicted molar refractivity (Wildman–Crippen MR) is 116 cm³/mol. The highest BCUT2D eigenvalue weighted by molar-refractivity contribution is 5.93. The van der Waals surface area contributed by atoms with E-state index >= 15 is 0 Å². The number of benzene rings is 2. The molecular formula is C24H28F3N3O2. The molecule has 1 aliphatic heterocycles. The second-order valence-electron chi connectivity index (χ2n) is 8.36. The third-order valence-corrected chi connectivity index (χ3v) is 5.67. The number of carbonyl (C=O) groups is 2. The molecule has 0 aliphatic carbocycles. The van der Waals surface area contributed by atoms with Gasteiger partial charge in [0.05, 0.1) is 11.6 Å². The molecule has 0 bridgehead atoms. The Balaban J connectivity index is 1.64. The van der Waals surface area contributed by atoms with E-state index in [1.54, 1.807) is 37.2 Å². The minimum atomic E-state index is -4.41. The van der Waals surface area contributed by atoms with E-state index in [0.29, 0.717) is 24.1 Å². The van der Waals surface area contributed by atoms with Gasteiger partial charge in [0.25, 0.3) is 5.91 Å². The summed E-state index contributed by atoms with van der Waals surface area (Å²) in [5.74, 6) is -0.190. The number of carbonyl (C=O) groups excluding carboxylic acids is 2. The van der Waals surface area contributed by atoms with E-state index in [1.807, 2.05) is 19.1 Å². The molecule has 1 N–H and O–H groups in total. The summed E-state index contributed by atoms with van der Waals surface area (Å²) in [6, 6.07) is 11.8. The number of hydrogen-bond acceptors (Lipinski definition) is 3. The van der Waals surface area contributed by atoms with Crippen molar-refractivity contribution in [3.63, 3.8) is 0 Å². The van der Waals surface area contributed by atoms with Crippen molar-refractivity contribution in [3.05, 3.63) is 70.8 Å². The molecule has 0 saturated carbocycles. The summed E-state index contributed by atoms with van der Waals surface area (Å²) in [4.78, 5) is 28.2. The van der Waals surface area contributed by atoms with Crippen LogP contribution < -0.4 is 5.32 Å². The first-order valence-corrected chi connectivity index (χ1v) is 10.6. The van der Waals surface area contributed by atoms with Crippen LogP contribution in [0.5, 0.6) is 0 Å². The minimum Gasteiger partial charge on any atom is -0.345 e. The number of alkyl halides is 3.